The number of nitrogens with zero attached hydrogens (tertiary/aromatic N) is 4. The number of aryl methyl sites for hydroxylation is 2. The Morgan fingerprint density at radius 3 is 2.54 bits per heavy atom. The number of nitrogens with one attached hydrogen (secondary N) is 2. The van der Waals surface area contributed by atoms with E-state index in [9.17, 15) is 4.79 Å². The average Bonchev–Trinajstić information content (AvgIpc) is 3.00. The number of rotatable bonds is 3. The molecule has 4 N–H and O–H groups in total. The molecule has 0 fully saturated rings. The minimum absolute atomic E-state index is 0.306. The molecule has 0 aliphatic heterocycles. The number of anilines is 3. The van der Waals surface area contributed by atoms with Gasteiger partial charge in [-0.05, 0) is 36.8 Å². The van der Waals surface area contributed by atoms with Crippen LogP contribution in [0.15, 0.2) is 54.9 Å². The fourth-order valence-corrected chi connectivity index (χ4v) is 3.04. The van der Waals surface area contributed by atoms with Gasteiger partial charge in [-0.15, -0.1) is 0 Å². The normalized spacial score (nSPS) is 10.8. The highest BCUT2D eigenvalue weighted by Crippen LogP contribution is 2.30. The zero-order valence-electron chi connectivity index (χ0n) is 15.5. The Hall–Kier alpha value is -3.94. The molecule has 4 rings (SSSR count). The van der Waals surface area contributed by atoms with Crippen molar-refractivity contribution in [3.05, 3.63) is 60.4 Å². The first kappa shape index (κ1) is 17.5. The minimum Gasteiger partial charge on any atom is -0.383 e. The van der Waals surface area contributed by atoms with Crippen molar-refractivity contribution in [2.75, 3.05) is 16.4 Å². The first-order valence-electron chi connectivity index (χ1n) is 8.69. The van der Waals surface area contributed by atoms with E-state index in [2.05, 4.69) is 25.7 Å². The van der Waals surface area contributed by atoms with Gasteiger partial charge in [-0.25, -0.2) is 19.4 Å². The Balaban J connectivity index is 1.54. The van der Waals surface area contributed by atoms with Crippen LogP contribution in [0.1, 0.15) is 5.56 Å². The number of benzene rings is 2. The molecule has 4 aromatic rings. The Bertz CT molecular complexity index is 1170. The van der Waals surface area contributed by atoms with E-state index in [-0.39, 0.29) is 6.03 Å². The minimum atomic E-state index is -0.306. The van der Waals surface area contributed by atoms with E-state index < -0.39 is 0 Å². The molecule has 2 aromatic carbocycles. The zero-order chi connectivity index (χ0) is 19.7. The Morgan fingerprint density at radius 2 is 1.79 bits per heavy atom. The van der Waals surface area contributed by atoms with E-state index in [1.165, 1.54) is 6.33 Å². The predicted molar refractivity (Wildman–Crippen MR) is 110 cm³/mol. The highest BCUT2D eigenvalue weighted by molar-refractivity contribution is 6.01. The second-order valence-corrected chi connectivity index (χ2v) is 6.46. The lowest BCUT2D eigenvalue weighted by atomic mass is 10.1. The molecule has 0 radical (unpaired) electrons. The zero-order valence-corrected chi connectivity index (χ0v) is 15.5. The largest absolute Gasteiger partial charge is 0.383 e. The van der Waals surface area contributed by atoms with Crippen molar-refractivity contribution >= 4 is 34.3 Å². The molecular formula is C20H19N7O. The SMILES string of the molecule is Cc1cccc(NC(=O)Nc2ccc(-c3nn(C)c4ncnc(N)c34)cc2)c1. The summed E-state index contributed by atoms with van der Waals surface area (Å²) in [6, 6.07) is 14.7. The second kappa shape index (κ2) is 6.99. The van der Waals surface area contributed by atoms with Gasteiger partial charge in [0.1, 0.15) is 17.8 Å². The van der Waals surface area contributed by atoms with Crippen LogP contribution in [0.4, 0.5) is 22.0 Å². The van der Waals surface area contributed by atoms with Gasteiger partial charge >= 0.3 is 6.03 Å². The molecule has 0 spiro atoms. The maximum Gasteiger partial charge on any atom is 0.323 e. The molecule has 0 aliphatic rings. The van der Waals surface area contributed by atoms with E-state index in [0.717, 1.165) is 16.8 Å². The van der Waals surface area contributed by atoms with Crippen LogP contribution in [-0.4, -0.2) is 25.8 Å². The van der Waals surface area contributed by atoms with Gasteiger partial charge in [-0.2, -0.15) is 5.10 Å². The summed E-state index contributed by atoms with van der Waals surface area (Å²) < 4.78 is 1.67. The van der Waals surface area contributed by atoms with Crippen LogP contribution < -0.4 is 16.4 Å². The number of fused-ring (bicyclic) bond motifs is 1. The summed E-state index contributed by atoms with van der Waals surface area (Å²) in [6.07, 6.45) is 1.42. The molecule has 2 aromatic heterocycles. The molecule has 0 saturated heterocycles. The van der Waals surface area contributed by atoms with Crippen molar-refractivity contribution in [2.24, 2.45) is 7.05 Å². The fraction of sp³-hybridized carbons (Fsp3) is 0.100. The molecule has 0 aliphatic carbocycles. The van der Waals surface area contributed by atoms with Crippen LogP contribution in [-0.2, 0) is 7.05 Å². The summed E-state index contributed by atoms with van der Waals surface area (Å²) >= 11 is 0. The van der Waals surface area contributed by atoms with Crippen molar-refractivity contribution in [2.45, 2.75) is 6.92 Å². The van der Waals surface area contributed by atoms with Gasteiger partial charge in [-0.3, -0.25) is 0 Å². The van der Waals surface area contributed by atoms with E-state index in [0.29, 0.717) is 28.2 Å². The number of amides is 2. The molecule has 8 nitrogen and oxygen atoms in total. The predicted octanol–water partition coefficient (Wildman–Crippen LogP) is 3.56. The molecule has 2 heterocycles. The van der Waals surface area contributed by atoms with Gasteiger partial charge in [0.15, 0.2) is 5.65 Å². The Morgan fingerprint density at radius 1 is 1.04 bits per heavy atom. The molecular weight excluding hydrogens is 354 g/mol. The number of hydrogen-bond acceptors (Lipinski definition) is 5. The molecule has 0 unspecified atom stereocenters. The van der Waals surface area contributed by atoms with Crippen molar-refractivity contribution in [3.63, 3.8) is 0 Å². The third-order valence-electron chi connectivity index (χ3n) is 4.34. The van der Waals surface area contributed by atoms with E-state index in [1.54, 1.807) is 4.68 Å². The molecule has 0 atom stereocenters. The second-order valence-electron chi connectivity index (χ2n) is 6.46. The molecule has 140 valence electrons. The molecule has 0 bridgehead atoms. The smallest absolute Gasteiger partial charge is 0.323 e. The molecule has 0 saturated carbocycles. The van der Waals surface area contributed by atoms with Gasteiger partial charge < -0.3 is 16.4 Å². The number of carbonyl (C=O) groups is 1. The first-order valence-corrected chi connectivity index (χ1v) is 8.69. The first-order chi connectivity index (χ1) is 13.5. The number of urea groups is 1. The monoisotopic (exact) mass is 373 g/mol. The van der Waals surface area contributed by atoms with E-state index >= 15 is 0 Å². The summed E-state index contributed by atoms with van der Waals surface area (Å²) in [5.74, 6) is 0.382. The highest BCUT2D eigenvalue weighted by Gasteiger charge is 2.15. The topological polar surface area (TPSA) is 111 Å². The third kappa shape index (κ3) is 3.35. The number of nitrogen functional groups attached to an aromatic ring is 1. The van der Waals surface area contributed by atoms with Crippen molar-refractivity contribution < 1.29 is 4.79 Å². The van der Waals surface area contributed by atoms with E-state index in [1.807, 2.05) is 62.5 Å². The van der Waals surface area contributed by atoms with Crippen LogP contribution in [0, 0.1) is 6.92 Å². The highest BCUT2D eigenvalue weighted by atomic mass is 16.2. The van der Waals surface area contributed by atoms with E-state index in [4.69, 9.17) is 5.73 Å². The van der Waals surface area contributed by atoms with Gasteiger partial charge in [0.2, 0.25) is 0 Å². The summed E-state index contributed by atoms with van der Waals surface area (Å²) in [6.45, 7) is 1.97. The Labute approximate surface area is 161 Å². The number of carbonyl (C=O) groups excluding carboxylic acids is 1. The summed E-state index contributed by atoms with van der Waals surface area (Å²) in [4.78, 5) is 20.5. The Kier molecular flexibility index (Phi) is 4.36. The number of nitrogens with two attached hydrogens (primary N) is 1. The average molecular weight is 373 g/mol. The van der Waals surface area contributed by atoms with Crippen molar-refractivity contribution in [1.82, 2.24) is 19.7 Å². The fourth-order valence-electron chi connectivity index (χ4n) is 3.04. The molecule has 28 heavy (non-hydrogen) atoms. The van der Waals surface area contributed by atoms with Gasteiger partial charge in [-0.1, -0.05) is 24.3 Å². The quantitative estimate of drug-likeness (QED) is 0.508. The number of aromatic nitrogens is 4. The number of hydrogen-bond donors (Lipinski definition) is 3. The van der Waals surface area contributed by atoms with Crippen LogP contribution >= 0.6 is 0 Å². The standard InChI is InChI=1S/C20H19N7O/c1-12-4-3-5-15(10-12)25-20(28)24-14-8-6-13(7-9-14)17-16-18(21)22-11-23-19(16)27(2)26-17/h3-11H,1-2H3,(H2,21,22,23)(H2,24,25,28). The van der Waals surface area contributed by atoms with Gasteiger partial charge in [0.25, 0.3) is 0 Å². The van der Waals surface area contributed by atoms with Crippen LogP contribution in [0.2, 0.25) is 0 Å². The molecule has 2 amide bonds. The summed E-state index contributed by atoms with van der Waals surface area (Å²) in [5, 5.41) is 10.9. The maximum absolute atomic E-state index is 12.2. The van der Waals surface area contributed by atoms with Gasteiger partial charge in [0, 0.05) is 24.0 Å². The van der Waals surface area contributed by atoms with Crippen LogP contribution in [0.5, 0.6) is 0 Å². The summed E-state index contributed by atoms with van der Waals surface area (Å²) in [7, 11) is 1.81. The van der Waals surface area contributed by atoms with Crippen LogP contribution in [0.25, 0.3) is 22.3 Å². The lowest BCUT2D eigenvalue weighted by Gasteiger charge is -2.09. The summed E-state index contributed by atoms with van der Waals surface area (Å²) in [5.41, 5.74) is 10.7. The maximum atomic E-state index is 12.2. The van der Waals surface area contributed by atoms with Crippen molar-refractivity contribution in [3.8, 4) is 11.3 Å². The lowest BCUT2D eigenvalue weighted by molar-refractivity contribution is 0.262. The third-order valence-corrected chi connectivity index (χ3v) is 4.34. The lowest BCUT2D eigenvalue weighted by Crippen LogP contribution is -2.19. The molecule has 8 heteroatoms. The van der Waals surface area contributed by atoms with Crippen LogP contribution in [0.3, 0.4) is 0 Å². The van der Waals surface area contributed by atoms with Gasteiger partial charge in [0.05, 0.1) is 5.39 Å². The van der Waals surface area contributed by atoms with Crippen molar-refractivity contribution in [1.29, 1.82) is 0 Å².